The molecule has 0 radical (unpaired) electrons. The van der Waals surface area contributed by atoms with Gasteiger partial charge in [0.05, 0.1) is 29.3 Å². The van der Waals surface area contributed by atoms with Gasteiger partial charge >= 0.3 is 0 Å². The molecule has 0 aliphatic rings. The smallest absolute Gasteiger partial charge is 0.0912 e. The minimum absolute atomic E-state index is 0.282. The van der Waals surface area contributed by atoms with Crippen LogP contribution in [0.2, 0.25) is 0 Å². The predicted molar refractivity (Wildman–Crippen MR) is 65.4 cm³/mol. The molecule has 0 saturated carbocycles. The van der Waals surface area contributed by atoms with Crippen molar-refractivity contribution in [3.8, 4) is 0 Å². The van der Waals surface area contributed by atoms with Gasteiger partial charge in [-0.1, -0.05) is 0 Å². The highest BCUT2D eigenvalue weighted by Gasteiger charge is 2.16. The summed E-state index contributed by atoms with van der Waals surface area (Å²) in [5, 5.41) is 4.27. The number of aryl methyl sites for hydroxylation is 1. The largest absolute Gasteiger partial charge is 0.318 e. The lowest BCUT2D eigenvalue weighted by molar-refractivity contribution is 0.497. The molecule has 90 valence electrons. The molecule has 5 nitrogen and oxygen atoms in total. The van der Waals surface area contributed by atoms with Crippen LogP contribution < -0.4 is 5.73 Å². The van der Waals surface area contributed by atoms with Crippen LogP contribution in [0.1, 0.15) is 43.0 Å². The van der Waals surface area contributed by atoms with Crippen molar-refractivity contribution in [2.75, 3.05) is 0 Å². The van der Waals surface area contributed by atoms with Gasteiger partial charge in [0.2, 0.25) is 0 Å². The minimum Gasteiger partial charge on any atom is -0.318 e. The summed E-state index contributed by atoms with van der Waals surface area (Å²) in [5.41, 5.74) is 8.79. The Morgan fingerprint density at radius 1 is 1.24 bits per heavy atom. The Morgan fingerprint density at radius 3 is 2.59 bits per heavy atom. The lowest BCUT2D eigenvalue weighted by Gasteiger charge is -2.16. The molecule has 2 aromatic heterocycles. The van der Waals surface area contributed by atoms with Crippen molar-refractivity contribution in [2.45, 2.75) is 32.9 Å². The van der Waals surface area contributed by atoms with Gasteiger partial charge < -0.3 is 5.73 Å². The highest BCUT2D eigenvalue weighted by molar-refractivity contribution is 5.19. The fourth-order valence-electron chi connectivity index (χ4n) is 1.72. The van der Waals surface area contributed by atoms with Crippen molar-refractivity contribution < 1.29 is 0 Å². The van der Waals surface area contributed by atoms with Crippen LogP contribution in [0.25, 0.3) is 0 Å². The average Bonchev–Trinajstić information content (AvgIpc) is 2.78. The first-order valence-corrected chi connectivity index (χ1v) is 5.67. The SMILES string of the molecule is Cc1cnc(C(N)c2ccnn2C(C)C)cn1. The summed E-state index contributed by atoms with van der Waals surface area (Å²) in [6.07, 6.45) is 5.21. The molecule has 0 spiro atoms. The van der Waals surface area contributed by atoms with Gasteiger partial charge in [-0.15, -0.1) is 0 Å². The maximum Gasteiger partial charge on any atom is 0.0912 e. The number of hydrogen-bond donors (Lipinski definition) is 1. The standard InChI is InChI=1S/C12H17N5/c1-8(2)17-11(4-5-16-17)12(13)10-7-14-9(3)6-15-10/h4-8,12H,13H2,1-3H3. The summed E-state index contributed by atoms with van der Waals surface area (Å²) in [4.78, 5) is 8.52. The molecule has 0 aliphatic carbocycles. The molecular formula is C12H17N5. The summed E-state index contributed by atoms with van der Waals surface area (Å²) in [7, 11) is 0. The van der Waals surface area contributed by atoms with Crippen molar-refractivity contribution >= 4 is 0 Å². The lowest BCUT2D eigenvalue weighted by Crippen LogP contribution is -2.20. The Hall–Kier alpha value is -1.75. The van der Waals surface area contributed by atoms with Crippen molar-refractivity contribution in [2.24, 2.45) is 5.73 Å². The molecule has 2 heterocycles. The van der Waals surface area contributed by atoms with E-state index in [2.05, 4.69) is 28.9 Å². The van der Waals surface area contributed by atoms with E-state index >= 15 is 0 Å². The summed E-state index contributed by atoms with van der Waals surface area (Å²) in [6.45, 7) is 6.05. The quantitative estimate of drug-likeness (QED) is 0.871. The van der Waals surface area contributed by atoms with Crippen LogP contribution in [-0.2, 0) is 0 Å². The number of nitrogens with two attached hydrogens (primary N) is 1. The first-order valence-electron chi connectivity index (χ1n) is 5.67. The number of hydrogen-bond acceptors (Lipinski definition) is 4. The second kappa shape index (κ2) is 4.63. The second-order valence-corrected chi connectivity index (χ2v) is 4.35. The first kappa shape index (κ1) is 11.7. The fourth-order valence-corrected chi connectivity index (χ4v) is 1.72. The van der Waals surface area contributed by atoms with E-state index in [-0.39, 0.29) is 12.1 Å². The van der Waals surface area contributed by atoms with E-state index < -0.39 is 0 Å². The van der Waals surface area contributed by atoms with Crippen LogP contribution in [0.15, 0.2) is 24.7 Å². The third-order valence-electron chi connectivity index (χ3n) is 2.63. The molecule has 17 heavy (non-hydrogen) atoms. The third-order valence-corrected chi connectivity index (χ3v) is 2.63. The molecule has 0 saturated heterocycles. The van der Waals surface area contributed by atoms with E-state index in [9.17, 15) is 0 Å². The lowest BCUT2D eigenvalue weighted by atomic mass is 10.1. The Balaban J connectivity index is 2.33. The van der Waals surface area contributed by atoms with E-state index in [1.54, 1.807) is 18.6 Å². The number of nitrogens with zero attached hydrogens (tertiary/aromatic N) is 4. The van der Waals surface area contributed by atoms with Crippen molar-refractivity contribution in [1.82, 2.24) is 19.7 Å². The maximum absolute atomic E-state index is 6.19. The van der Waals surface area contributed by atoms with Gasteiger partial charge in [0, 0.05) is 18.4 Å². The molecule has 2 rings (SSSR count). The predicted octanol–water partition coefficient (Wildman–Crippen LogP) is 1.61. The molecule has 1 atom stereocenters. The molecular weight excluding hydrogens is 214 g/mol. The van der Waals surface area contributed by atoms with Gasteiger partial charge in [0.15, 0.2) is 0 Å². The molecule has 0 aliphatic heterocycles. The van der Waals surface area contributed by atoms with E-state index in [0.29, 0.717) is 0 Å². The van der Waals surface area contributed by atoms with Crippen LogP contribution in [0, 0.1) is 6.92 Å². The molecule has 0 amide bonds. The van der Waals surface area contributed by atoms with Crippen molar-refractivity contribution in [1.29, 1.82) is 0 Å². The first-order chi connectivity index (χ1) is 8.09. The zero-order valence-electron chi connectivity index (χ0n) is 10.3. The Bertz CT molecular complexity index is 486. The highest BCUT2D eigenvalue weighted by atomic mass is 15.3. The van der Waals surface area contributed by atoms with Crippen LogP contribution >= 0.6 is 0 Å². The molecule has 2 N–H and O–H groups in total. The average molecular weight is 231 g/mol. The van der Waals surface area contributed by atoms with Crippen LogP contribution in [0.5, 0.6) is 0 Å². The Morgan fingerprint density at radius 2 is 2.00 bits per heavy atom. The number of aromatic nitrogens is 4. The minimum atomic E-state index is -0.284. The van der Waals surface area contributed by atoms with Crippen LogP contribution in [-0.4, -0.2) is 19.7 Å². The molecule has 1 unspecified atom stereocenters. The van der Waals surface area contributed by atoms with E-state index in [0.717, 1.165) is 17.1 Å². The Kier molecular flexibility index (Phi) is 3.19. The summed E-state index contributed by atoms with van der Waals surface area (Å²) in [6, 6.07) is 1.92. The fraction of sp³-hybridized carbons (Fsp3) is 0.417. The summed E-state index contributed by atoms with van der Waals surface area (Å²) >= 11 is 0. The normalized spacial score (nSPS) is 13.0. The van der Waals surface area contributed by atoms with Gasteiger partial charge in [-0.05, 0) is 26.8 Å². The zero-order chi connectivity index (χ0) is 12.4. The topological polar surface area (TPSA) is 69.6 Å². The molecule has 0 aromatic carbocycles. The highest BCUT2D eigenvalue weighted by Crippen LogP contribution is 2.19. The van der Waals surface area contributed by atoms with Crippen LogP contribution in [0.4, 0.5) is 0 Å². The molecule has 2 aromatic rings. The Labute approximate surface area is 101 Å². The van der Waals surface area contributed by atoms with Gasteiger partial charge in [-0.25, -0.2) is 0 Å². The summed E-state index contributed by atoms with van der Waals surface area (Å²) < 4.78 is 1.91. The van der Waals surface area contributed by atoms with Gasteiger partial charge in [-0.2, -0.15) is 5.10 Å². The zero-order valence-corrected chi connectivity index (χ0v) is 10.3. The molecule has 0 fully saturated rings. The van der Waals surface area contributed by atoms with Crippen LogP contribution in [0.3, 0.4) is 0 Å². The molecule has 5 heteroatoms. The third kappa shape index (κ3) is 2.34. The van der Waals surface area contributed by atoms with Crippen molar-refractivity contribution in [3.05, 3.63) is 41.7 Å². The molecule has 0 bridgehead atoms. The maximum atomic E-state index is 6.19. The monoisotopic (exact) mass is 231 g/mol. The number of rotatable bonds is 3. The van der Waals surface area contributed by atoms with E-state index in [1.807, 2.05) is 17.7 Å². The van der Waals surface area contributed by atoms with Crippen molar-refractivity contribution in [3.63, 3.8) is 0 Å². The van der Waals surface area contributed by atoms with Gasteiger partial charge in [-0.3, -0.25) is 14.6 Å². The van der Waals surface area contributed by atoms with Gasteiger partial charge in [0.1, 0.15) is 0 Å². The van der Waals surface area contributed by atoms with E-state index in [4.69, 9.17) is 5.73 Å². The second-order valence-electron chi connectivity index (χ2n) is 4.35. The van der Waals surface area contributed by atoms with Gasteiger partial charge in [0.25, 0.3) is 0 Å². The summed E-state index contributed by atoms with van der Waals surface area (Å²) in [5.74, 6) is 0. The van der Waals surface area contributed by atoms with E-state index in [1.165, 1.54) is 0 Å².